The Kier molecular flexibility index (Phi) is 4.51. The quantitative estimate of drug-likeness (QED) is 0.765. The van der Waals surface area contributed by atoms with Gasteiger partial charge in [0.25, 0.3) is 0 Å². The molecular formula is C15H25NSn. The Bertz CT molecular complexity index is 361. The summed E-state index contributed by atoms with van der Waals surface area (Å²) < 4.78 is 1.63. The summed E-state index contributed by atoms with van der Waals surface area (Å²) in [6.45, 7) is 0. The van der Waals surface area contributed by atoms with E-state index in [9.17, 15) is 0 Å². The molecule has 0 unspecified atom stereocenters. The Morgan fingerprint density at radius 1 is 1.18 bits per heavy atom. The molecule has 1 aromatic rings. The minimum atomic E-state index is -1.89. The fourth-order valence-electron chi connectivity index (χ4n) is 2.74. The van der Waals surface area contributed by atoms with E-state index in [1.807, 2.05) is 6.20 Å². The first-order valence-corrected chi connectivity index (χ1v) is 17.0. The SMILES string of the molecule is [CH3][Sn]([CH3])([CH3])[c]1ccnc(CC2CCCCC2)c1. The molecule has 0 saturated heterocycles. The van der Waals surface area contributed by atoms with E-state index in [0.717, 1.165) is 5.92 Å². The van der Waals surface area contributed by atoms with Crippen LogP contribution >= 0.6 is 0 Å². The number of nitrogens with zero attached hydrogens (tertiary/aromatic N) is 1. The van der Waals surface area contributed by atoms with Crippen LogP contribution in [0.3, 0.4) is 0 Å². The maximum atomic E-state index is 4.58. The standard InChI is InChI=1S/C12H16N.3CH3.Sn/c1-2-6-11(7-3-1)10-12-8-4-5-9-13-12;;;;/h5,8-9,11H,1-3,6-7,10H2;3*1H3;. The second-order valence-electron chi connectivity index (χ2n) is 6.49. The first-order chi connectivity index (χ1) is 8.05. The van der Waals surface area contributed by atoms with Gasteiger partial charge in [0, 0.05) is 0 Å². The zero-order valence-corrected chi connectivity index (χ0v) is 14.4. The summed E-state index contributed by atoms with van der Waals surface area (Å²) in [6.07, 6.45) is 10.4. The van der Waals surface area contributed by atoms with E-state index in [1.165, 1.54) is 44.2 Å². The summed E-state index contributed by atoms with van der Waals surface area (Å²) >= 11 is -1.89. The number of rotatable bonds is 3. The van der Waals surface area contributed by atoms with E-state index in [4.69, 9.17) is 0 Å². The Morgan fingerprint density at radius 3 is 2.53 bits per heavy atom. The van der Waals surface area contributed by atoms with Crippen molar-refractivity contribution in [1.82, 2.24) is 4.98 Å². The van der Waals surface area contributed by atoms with Gasteiger partial charge < -0.3 is 0 Å². The molecule has 0 bridgehead atoms. The molecule has 1 heterocycles. The average Bonchev–Trinajstić information content (AvgIpc) is 2.29. The van der Waals surface area contributed by atoms with Crippen molar-refractivity contribution in [3.05, 3.63) is 24.0 Å². The maximum absolute atomic E-state index is 4.58. The second kappa shape index (κ2) is 5.73. The van der Waals surface area contributed by atoms with Gasteiger partial charge in [-0.2, -0.15) is 0 Å². The topological polar surface area (TPSA) is 12.9 Å². The molecule has 1 fully saturated rings. The molecule has 0 spiro atoms. The van der Waals surface area contributed by atoms with Gasteiger partial charge in [0.05, 0.1) is 0 Å². The molecule has 0 N–H and O–H groups in total. The monoisotopic (exact) mass is 339 g/mol. The van der Waals surface area contributed by atoms with Crippen LogP contribution in [-0.2, 0) is 6.42 Å². The number of hydrogen-bond donors (Lipinski definition) is 0. The van der Waals surface area contributed by atoms with E-state index in [0.29, 0.717) is 0 Å². The third-order valence-corrected chi connectivity index (χ3v) is 9.74. The van der Waals surface area contributed by atoms with Crippen molar-refractivity contribution in [3.63, 3.8) is 0 Å². The third kappa shape index (κ3) is 3.97. The Labute approximate surface area is 110 Å². The van der Waals surface area contributed by atoms with E-state index >= 15 is 0 Å². The van der Waals surface area contributed by atoms with Crippen LogP contribution < -0.4 is 3.58 Å². The van der Waals surface area contributed by atoms with Crippen LogP contribution in [0.5, 0.6) is 0 Å². The van der Waals surface area contributed by atoms with Crippen LogP contribution in [0.4, 0.5) is 0 Å². The van der Waals surface area contributed by atoms with Crippen molar-refractivity contribution >= 4 is 22.0 Å². The van der Waals surface area contributed by atoms with E-state index in [1.54, 1.807) is 3.58 Å². The Hall–Kier alpha value is -0.0513. The fourth-order valence-corrected chi connectivity index (χ4v) is 6.09. The van der Waals surface area contributed by atoms with Gasteiger partial charge >= 0.3 is 110 Å². The molecule has 0 amide bonds. The minimum absolute atomic E-state index is 0.904. The second-order valence-corrected chi connectivity index (χ2v) is 21.0. The zero-order chi connectivity index (χ0) is 12.3. The average molecular weight is 338 g/mol. The number of pyridine rings is 1. The molecule has 94 valence electrons. The van der Waals surface area contributed by atoms with Gasteiger partial charge in [0.15, 0.2) is 0 Å². The molecule has 1 nitrogen and oxygen atoms in total. The van der Waals surface area contributed by atoms with Crippen molar-refractivity contribution in [2.45, 2.75) is 53.3 Å². The molecule has 1 aliphatic rings. The third-order valence-electron chi connectivity index (χ3n) is 3.91. The van der Waals surface area contributed by atoms with E-state index in [2.05, 4.69) is 31.9 Å². The zero-order valence-electron chi connectivity index (χ0n) is 11.5. The van der Waals surface area contributed by atoms with Crippen LogP contribution in [0.15, 0.2) is 18.3 Å². The van der Waals surface area contributed by atoms with Crippen LogP contribution in [0.1, 0.15) is 37.8 Å². The van der Waals surface area contributed by atoms with Gasteiger partial charge in [0.2, 0.25) is 0 Å². The molecule has 0 aliphatic heterocycles. The summed E-state index contributed by atoms with van der Waals surface area (Å²) in [5.74, 6) is 0.904. The van der Waals surface area contributed by atoms with Crippen LogP contribution in [0, 0.1) is 5.92 Å². The van der Waals surface area contributed by atoms with Crippen molar-refractivity contribution in [1.29, 1.82) is 0 Å². The van der Waals surface area contributed by atoms with Gasteiger partial charge in [-0.3, -0.25) is 0 Å². The van der Waals surface area contributed by atoms with Crippen molar-refractivity contribution in [2.24, 2.45) is 5.92 Å². The van der Waals surface area contributed by atoms with Gasteiger partial charge in [-0.1, -0.05) is 0 Å². The van der Waals surface area contributed by atoms with Gasteiger partial charge in [-0.15, -0.1) is 0 Å². The Morgan fingerprint density at radius 2 is 1.88 bits per heavy atom. The van der Waals surface area contributed by atoms with Crippen molar-refractivity contribution in [2.75, 3.05) is 0 Å². The predicted octanol–water partition coefficient (Wildman–Crippen LogP) is 3.75. The summed E-state index contributed by atoms with van der Waals surface area (Å²) in [5.41, 5.74) is 1.35. The molecule has 2 heteroatoms. The molecule has 2 rings (SSSR count). The molecule has 17 heavy (non-hydrogen) atoms. The van der Waals surface area contributed by atoms with Crippen LogP contribution in [-0.4, -0.2) is 23.4 Å². The van der Waals surface area contributed by atoms with Crippen LogP contribution in [0.25, 0.3) is 0 Å². The molecule has 1 aromatic heterocycles. The van der Waals surface area contributed by atoms with Gasteiger partial charge in [-0.25, -0.2) is 0 Å². The van der Waals surface area contributed by atoms with E-state index in [-0.39, 0.29) is 0 Å². The van der Waals surface area contributed by atoms with E-state index < -0.39 is 18.4 Å². The number of aromatic nitrogens is 1. The Balaban J connectivity index is 2.05. The molecular weight excluding hydrogens is 313 g/mol. The first kappa shape index (κ1) is 13.4. The first-order valence-electron chi connectivity index (χ1n) is 7.01. The molecule has 1 aliphatic carbocycles. The summed E-state index contributed by atoms with van der Waals surface area (Å²) in [5, 5.41) is 0. The molecule has 0 radical (unpaired) electrons. The van der Waals surface area contributed by atoms with Gasteiger partial charge in [0.1, 0.15) is 0 Å². The summed E-state index contributed by atoms with van der Waals surface area (Å²) in [4.78, 5) is 12.0. The van der Waals surface area contributed by atoms with Crippen molar-refractivity contribution in [3.8, 4) is 0 Å². The molecule has 1 saturated carbocycles. The normalized spacial score (nSPS) is 18.3. The number of hydrogen-bond acceptors (Lipinski definition) is 1. The molecule has 0 aromatic carbocycles. The van der Waals surface area contributed by atoms with Crippen LogP contribution in [0.2, 0.25) is 14.8 Å². The fraction of sp³-hybridized carbons (Fsp3) is 0.667. The molecule has 0 atom stereocenters. The van der Waals surface area contributed by atoms with Gasteiger partial charge in [-0.05, 0) is 0 Å². The van der Waals surface area contributed by atoms with Crippen molar-refractivity contribution < 1.29 is 0 Å². The summed E-state index contributed by atoms with van der Waals surface area (Å²) in [6, 6.07) is 4.66. The predicted molar refractivity (Wildman–Crippen MR) is 77.5 cm³/mol. The summed E-state index contributed by atoms with van der Waals surface area (Å²) in [7, 11) is 0.